The van der Waals surface area contributed by atoms with Gasteiger partial charge in [-0.25, -0.2) is 0 Å². The molecule has 4 heteroatoms. The maximum atomic E-state index is 12.1. The summed E-state index contributed by atoms with van der Waals surface area (Å²) in [6.07, 6.45) is 3.18. The van der Waals surface area contributed by atoms with E-state index < -0.39 is 0 Å². The molecule has 0 radical (unpaired) electrons. The van der Waals surface area contributed by atoms with Gasteiger partial charge in [-0.05, 0) is 37.8 Å². The Morgan fingerprint density at radius 3 is 3.00 bits per heavy atom. The molecule has 0 spiro atoms. The molecule has 0 bridgehead atoms. The Balaban J connectivity index is 2.17. The molecule has 2 rings (SSSR count). The van der Waals surface area contributed by atoms with Crippen molar-refractivity contribution in [3.05, 3.63) is 35.4 Å². The van der Waals surface area contributed by atoms with E-state index in [2.05, 4.69) is 49.7 Å². The van der Waals surface area contributed by atoms with Crippen LogP contribution in [0.3, 0.4) is 0 Å². The van der Waals surface area contributed by atoms with Crippen molar-refractivity contribution in [1.82, 2.24) is 10.2 Å². The second-order valence-corrected chi connectivity index (χ2v) is 6.11. The number of carbonyl (C=O) groups excluding carboxylic acids is 1. The second-order valence-electron chi connectivity index (χ2n) is 5.13. The van der Waals surface area contributed by atoms with E-state index in [-0.39, 0.29) is 18.1 Å². The molecule has 1 fully saturated rings. The van der Waals surface area contributed by atoms with Gasteiger partial charge in [0.2, 0.25) is 5.91 Å². The van der Waals surface area contributed by atoms with Crippen molar-refractivity contribution in [2.75, 3.05) is 18.6 Å². The first-order valence-corrected chi connectivity index (χ1v) is 8.13. The number of rotatable bonds is 5. The summed E-state index contributed by atoms with van der Waals surface area (Å²) in [6, 6.07) is 8.67. The molecule has 3 nitrogen and oxygen atoms in total. The summed E-state index contributed by atoms with van der Waals surface area (Å²) < 4.78 is 0. The van der Waals surface area contributed by atoms with Crippen molar-refractivity contribution in [3.8, 4) is 0 Å². The first-order chi connectivity index (χ1) is 9.13. The largest absolute Gasteiger partial charge is 0.319 e. The van der Waals surface area contributed by atoms with Gasteiger partial charge in [-0.3, -0.25) is 10.1 Å². The van der Waals surface area contributed by atoms with Crippen LogP contribution in [0.2, 0.25) is 0 Å². The minimum absolute atomic E-state index is 0.0317. The molecule has 0 aromatic heterocycles. The van der Waals surface area contributed by atoms with Gasteiger partial charge in [0, 0.05) is 6.04 Å². The van der Waals surface area contributed by atoms with Gasteiger partial charge in [-0.2, -0.15) is 11.8 Å². The van der Waals surface area contributed by atoms with E-state index in [9.17, 15) is 4.79 Å². The number of aryl methyl sites for hydroxylation is 1. The zero-order valence-electron chi connectivity index (χ0n) is 11.8. The van der Waals surface area contributed by atoms with E-state index in [4.69, 9.17) is 0 Å². The Morgan fingerprint density at radius 1 is 1.53 bits per heavy atom. The van der Waals surface area contributed by atoms with Gasteiger partial charge in [0.25, 0.3) is 0 Å². The van der Waals surface area contributed by atoms with Crippen molar-refractivity contribution >= 4 is 17.7 Å². The highest BCUT2D eigenvalue weighted by atomic mass is 32.2. The van der Waals surface area contributed by atoms with E-state index in [1.54, 1.807) is 0 Å². The molecule has 1 N–H and O–H groups in total. The summed E-state index contributed by atoms with van der Waals surface area (Å²) in [4.78, 5) is 14.1. The van der Waals surface area contributed by atoms with E-state index in [0.717, 1.165) is 12.2 Å². The third kappa shape index (κ3) is 3.31. The maximum Gasteiger partial charge on any atom is 0.238 e. The highest BCUT2D eigenvalue weighted by molar-refractivity contribution is 7.98. The fourth-order valence-electron chi connectivity index (χ4n) is 2.56. The number of amides is 1. The van der Waals surface area contributed by atoms with Crippen LogP contribution in [0.4, 0.5) is 0 Å². The highest BCUT2D eigenvalue weighted by Gasteiger charge is 2.34. The first kappa shape index (κ1) is 14.4. The van der Waals surface area contributed by atoms with Crippen LogP contribution in [0.25, 0.3) is 0 Å². The summed E-state index contributed by atoms with van der Waals surface area (Å²) in [7, 11) is 0. The van der Waals surface area contributed by atoms with Crippen LogP contribution in [0.1, 0.15) is 30.6 Å². The fourth-order valence-corrected chi connectivity index (χ4v) is 3.14. The first-order valence-electron chi connectivity index (χ1n) is 6.73. The van der Waals surface area contributed by atoms with E-state index >= 15 is 0 Å². The highest BCUT2D eigenvalue weighted by Crippen LogP contribution is 2.26. The third-order valence-electron chi connectivity index (χ3n) is 3.59. The summed E-state index contributed by atoms with van der Waals surface area (Å²) in [5.74, 6) is 1.30. The van der Waals surface area contributed by atoms with Gasteiger partial charge < -0.3 is 4.90 Å². The molecule has 1 aromatic carbocycles. The van der Waals surface area contributed by atoms with Crippen molar-refractivity contribution in [1.29, 1.82) is 0 Å². The molecule has 1 aliphatic heterocycles. The van der Waals surface area contributed by atoms with Crippen molar-refractivity contribution < 1.29 is 4.79 Å². The van der Waals surface area contributed by atoms with Crippen LogP contribution < -0.4 is 5.32 Å². The van der Waals surface area contributed by atoms with E-state index in [0.29, 0.717) is 6.54 Å². The predicted molar refractivity (Wildman–Crippen MR) is 81.2 cm³/mol. The summed E-state index contributed by atoms with van der Waals surface area (Å²) in [5.41, 5.74) is 2.41. The van der Waals surface area contributed by atoms with Crippen molar-refractivity contribution in [2.45, 2.75) is 32.5 Å². The SMILES string of the molecule is CSCCC(C)N1C(=O)CNC1c1cccc(C)c1. The number of hydrogen-bond acceptors (Lipinski definition) is 3. The molecule has 1 heterocycles. The zero-order chi connectivity index (χ0) is 13.8. The smallest absolute Gasteiger partial charge is 0.238 e. The molecule has 1 amide bonds. The van der Waals surface area contributed by atoms with Crippen LogP contribution in [-0.2, 0) is 4.79 Å². The molecule has 0 saturated carbocycles. The van der Waals surface area contributed by atoms with Gasteiger partial charge >= 0.3 is 0 Å². The summed E-state index contributed by atoms with van der Waals surface area (Å²) in [5, 5.41) is 3.33. The normalized spacial score (nSPS) is 20.9. The monoisotopic (exact) mass is 278 g/mol. The lowest BCUT2D eigenvalue weighted by Gasteiger charge is -2.30. The molecule has 1 aliphatic rings. The quantitative estimate of drug-likeness (QED) is 0.898. The predicted octanol–water partition coefficient (Wildman–Crippen LogP) is 2.57. The lowest BCUT2D eigenvalue weighted by atomic mass is 10.1. The minimum atomic E-state index is 0.0317. The Bertz CT molecular complexity index is 450. The molecule has 2 atom stereocenters. The second kappa shape index (κ2) is 6.44. The van der Waals surface area contributed by atoms with Gasteiger partial charge in [0.15, 0.2) is 0 Å². The third-order valence-corrected chi connectivity index (χ3v) is 4.23. The lowest BCUT2D eigenvalue weighted by molar-refractivity contribution is -0.130. The molecule has 1 aromatic rings. The molecule has 0 aliphatic carbocycles. The van der Waals surface area contributed by atoms with E-state index in [1.165, 1.54) is 11.1 Å². The van der Waals surface area contributed by atoms with Crippen LogP contribution in [0.5, 0.6) is 0 Å². The molecule has 2 unspecified atom stereocenters. The zero-order valence-corrected chi connectivity index (χ0v) is 12.7. The Kier molecular flexibility index (Phi) is 4.88. The molecule has 1 saturated heterocycles. The van der Waals surface area contributed by atoms with Gasteiger partial charge in [-0.1, -0.05) is 29.8 Å². The number of nitrogens with one attached hydrogen (secondary N) is 1. The van der Waals surface area contributed by atoms with Crippen molar-refractivity contribution in [2.24, 2.45) is 0 Å². The molecule has 104 valence electrons. The molecular formula is C15H22N2OS. The number of carbonyl (C=O) groups is 1. The average molecular weight is 278 g/mol. The summed E-state index contributed by atoms with van der Waals surface area (Å²) >= 11 is 1.83. The standard InChI is InChI=1S/C15H22N2OS/c1-11-5-4-6-13(9-11)15-16-10-14(18)17(15)12(2)7-8-19-3/h4-6,9,12,15-16H,7-8,10H2,1-3H3. The molecular weight excluding hydrogens is 256 g/mol. The van der Waals surface area contributed by atoms with Crippen LogP contribution in [-0.4, -0.2) is 35.4 Å². The summed E-state index contributed by atoms with van der Waals surface area (Å²) in [6.45, 7) is 4.67. The van der Waals surface area contributed by atoms with Gasteiger partial charge in [0.05, 0.1) is 6.54 Å². The Labute approximate surface area is 119 Å². The van der Waals surface area contributed by atoms with E-state index in [1.807, 2.05) is 16.7 Å². The van der Waals surface area contributed by atoms with Crippen LogP contribution in [0.15, 0.2) is 24.3 Å². The fraction of sp³-hybridized carbons (Fsp3) is 0.533. The number of nitrogens with zero attached hydrogens (tertiary/aromatic N) is 1. The topological polar surface area (TPSA) is 32.3 Å². The van der Waals surface area contributed by atoms with Crippen LogP contribution >= 0.6 is 11.8 Å². The number of benzene rings is 1. The number of thioether (sulfide) groups is 1. The lowest BCUT2D eigenvalue weighted by Crippen LogP contribution is -2.38. The maximum absolute atomic E-state index is 12.1. The average Bonchev–Trinajstić information content (AvgIpc) is 2.78. The van der Waals surface area contributed by atoms with Crippen molar-refractivity contribution in [3.63, 3.8) is 0 Å². The van der Waals surface area contributed by atoms with Gasteiger partial charge in [-0.15, -0.1) is 0 Å². The molecule has 19 heavy (non-hydrogen) atoms. The number of hydrogen-bond donors (Lipinski definition) is 1. The van der Waals surface area contributed by atoms with Gasteiger partial charge in [0.1, 0.15) is 6.17 Å². The Morgan fingerprint density at radius 2 is 2.32 bits per heavy atom. The Hall–Kier alpha value is -1.00. The van der Waals surface area contributed by atoms with Crippen LogP contribution in [0, 0.1) is 6.92 Å². The minimum Gasteiger partial charge on any atom is -0.319 e.